The van der Waals surface area contributed by atoms with Gasteiger partial charge in [-0.3, -0.25) is 14.1 Å². The van der Waals surface area contributed by atoms with Gasteiger partial charge in [-0.05, 0) is 13.8 Å². The fourth-order valence-electron chi connectivity index (χ4n) is 2.92. The van der Waals surface area contributed by atoms with Crippen molar-refractivity contribution >= 4 is 28.7 Å². The Kier molecular flexibility index (Phi) is 4.52. The summed E-state index contributed by atoms with van der Waals surface area (Å²) in [5.74, 6) is 0.646. The van der Waals surface area contributed by atoms with E-state index in [0.717, 1.165) is 11.1 Å². The predicted octanol–water partition coefficient (Wildman–Crippen LogP) is 1.42. The first kappa shape index (κ1) is 17.7. The first-order valence-corrected chi connectivity index (χ1v) is 8.04. The minimum absolute atomic E-state index is 0.0183. The van der Waals surface area contributed by atoms with Crippen molar-refractivity contribution in [1.82, 2.24) is 24.1 Å². The van der Waals surface area contributed by atoms with Gasteiger partial charge < -0.3 is 10.5 Å². The van der Waals surface area contributed by atoms with E-state index in [0.29, 0.717) is 11.4 Å². The third-order valence-electron chi connectivity index (χ3n) is 4.11. The van der Waals surface area contributed by atoms with Crippen molar-refractivity contribution in [2.75, 3.05) is 12.8 Å². The summed E-state index contributed by atoms with van der Waals surface area (Å²) in [4.78, 5) is 25.3. The first-order chi connectivity index (χ1) is 12.4. The molecule has 3 aromatic rings. The highest BCUT2D eigenvalue weighted by Gasteiger charge is 2.20. The van der Waals surface area contributed by atoms with E-state index in [1.807, 2.05) is 19.9 Å². The normalized spacial score (nSPS) is 10.9. The molecule has 26 heavy (non-hydrogen) atoms. The Morgan fingerprint density at radius 1 is 1.35 bits per heavy atom. The molecule has 0 unspecified atom stereocenters. The van der Waals surface area contributed by atoms with Crippen LogP contribution < -0.4 is 16.2 Å². The molecule has 0 amide bonds. The molecule has 134 valence electrons. The summed E-state index contributed by atoms with van der Waals surface area (Å²) in [6.45, 7) is 3.70. The van der Waals surface area contributed by atoms with E-state index in [9.17, 15) is 4.79 Å². The lowest BCUT2D eigenvalue weighted by molar-refractivity contribution is 0.406. The van der Waals surface area contributed by atoms with Gasteiger partial charge in [-0.1, -0.05) is 11.6 Å². The number of nitrogens with zero attached hydrogens (tertiary/aromatic N) is 6. The third-order valence-corrected chi connectivity index (χ3v) is 4.38. The van der Waals surface area contributed by atoms with Crippen molar-refractivity contribution in [3.8, 4) is 11.8 Å². The molecule has 2 N–H and O–H groups in total. The topological polar surface area (TPSA) is 125 Å². The van der Waals surface area contributed by atoms with Crippen LogP contribution in [0.5, 0.6) is 5.75 Å². The molecule has 3 aromatic heterocycles. The van der Waals surface area contributed by atoms with Gasteiger partial charge >= 0.3 is 5.69 Å². The lowest BCUT2D eigenvalue weighted by Gasteiger charge is -2.12. The summed E-state index contributed by atoms with van der Waals surface area (Å²) >= 11 is 6.14. The van der Waals surface area contributed by atoms with E-state index in [4.69, 9.17) is 27.3 Å². The van der Waals surface area contributed by atoms with E-state index < -0.39 is 5.69 Å². The second kappa shape index (κ2) is 6.65. The number of halogens is 1. The van der Waals surface area contributed by atoms with Gasteiger partial charge in [0.15, 0.2) is 10.8 Å². The predicted molar refractivity (Wildman–Crippen MR) is 96.2 cm³/mol. The number of aryl methyl sites for hydroxylation is 1. The SMILES string of the molecule is COc1c(C)cnc(Cn2c(=O)n(CC#N)c3c(Cl)nc(N)nc32)c1C. The molecular weight excluding hydrogens is 358 g/mol. The van der Waals surface area contributed by atoms with Gasteiger partial charge in [0.2, 0.25) is 5.95 Å². The fraction of sp³-hybridized carbons (Fsp3) is 0.312. The van der Waals surface area contributed by atoms with Crippen LogP contribution in [0.3, 0.4) is 0 Å². The Morgan fingerprint density at radius 2 is 2.08 bits per heavy atom. The summed E-state index contributed by atoms with van der Waals surface area (Å²) in [6.07, 6.45) is 1.68. The van der Waals surface area contributed by atoms with E-state index in [1.165, 1.54) is 9.13 Å². The molecule has 0 saturated heterocycles. The number of rotatable bonds is 4. The molecule has 0 aliphatic rings. The number of imidazole rings is 1. The number of pyridine rings is 1. The Balaban J connectivity index is 2.26. The fourth-order valence-corrected chi connectivity index (χ4v) is 3.20. The maximum absolute atomic E-state index is 12.8. The van der Waals surface area contributed by atoms with Gasteiger partial charge in [-0.15, -0.1) is 0 Å². The Hall–Kier alpha value is -3.12. The molecule has 0 aromatic carbocycles. The smallest absolute Gasteiger partial charge is 0.331 e. The average molecular weight is 374 g/mol. The van der Waals surface area contributed by atoms with E-state index >= 15 is 0 Å². The number of hydrogen-bond acceptors (Lipinski definition) is 7. The maximum Gasteiger partial charge on any atom is 0.331 e. The van der Waals surface area contributed by atoms with Crippen molar-refractivity contribution < 1.29 is 4.74 Å². The van der Waals surface area contributed by atoms with Crippen LogP contribution in [-0.2, 0) is 13.1 Å². The van der Waals surface area contributed by atoms with Crippen LogP contribution in [0.2, 0.25) is 5.15 Å². The van der Waals surface area contributed by atoms with Gasteiger partial charge in [0, 0.05) is 17.3 Å². The van der Waals surface area contributed by atoms with Gasteiger partial charge in [0.25, 0.3) is 0 Å². The molecule has 0 saturated carbocycles. The van der Waals surface area contributed by atoms with Crippen molar-refractivity contribution in [2.45, 2.75) is 26.9 Å². The van der Waals surface area contributed by atoms with Crippen molar-refractivity contribution in [3.05, 3.63) is 38.7 Å². The van der Waals surface area contributed by atoms with Crippen LogP contribution in [-0.4, -0.2) is 31.2 Å². The van der Waals surface area contributed by atoms with Crippen molar-refractivity contribution in [3.63, 3.8) is 0 Å². The summed E-state index contributed by atoms with van der Waals surface area (Å²) in [6, 6.07) is 1.94. The largest absolute Gasteiger partial charge is 0.496 e. The molecule has 0 radical (unpaired) electrons. The second-order valence-electron chi connectivity index (χ2n) is 5.70. The highest BCUT2D eigenvalue weighted by molar-refractivity contribution is 6.33. The number of methoxy groups -OCH3 is 1. The summed E-state index contributed by atoms with van der Waals surface area (Å²) in [5.41, 5.74) is 8.11. The Labute approximate surface area is 153 Å². The second-order valence-corrected chi connectivity index (χ2v) is 6.06. The quantitative estimate of drug-likeness (QED) is 0.685. The molecule has 10 heteroatoms. The van der Waals surface area contributed by atoms with E-state index in [-0.39, 0.29) is 35.4 Å². The molecule has 0 aliphatic carbocycles. The number of nitriles is 1. The molecule has 0 fully saturated rings. The minimum Gasteiger partial charge on any atom is -0.496 e. The molecule has 3 rings (SSSR count). The maximum atomic E-state index is 12.8. The Morgan fingerprint density at radius 3 is 2.73 bits per heavy atom. The molecule has 0 bridgehead atoms. The molecule has 0 aliphatic heterocycles. The number of aromatic nitrogens is 5. The number of fused-ring (bicyclic) bond motifs is 1. The number of ether oxygens (including phenoxy) is 1. The number of nitrogen functional groups attached to an aromatic ring is 1. The molecule has 3 heterocycles. The first-order valence-electron chi connectivity index (χ1n) is 7.67. The highest BCUT2D eigenvalue weighted by Crippen LogP contribution is 2.26. The van der Waals surface area contributed by atoms with Crippen LogP contribution in [0, 0.1) is 25.2 Å². The van der Waals surface area contributed by atoms with Crippen LogP contribution in [0.25, 0.3) is 11.2 Å². The standard InChI is InChI=1S/C16H16ClN7O2/c1-8-6-20-10(9(2)12(8)26-3)7-24-14-11(13(17)21-15(19)22-14)23(5-4-18)16(24)25/h6H,5,7H2,1-3H3,(H2,19,21,22). The van der Waals surface area contributed by atoms with Crippen LogP contribution in [0.4, 0.5) is 5.95 Å². The third kappa shape index (κ3) is 2.74. The number of anilines is 1. The van der Waals surface area contributed by atoms with Crippen molar-refractivity contribution in [2.24, 2.45) is 0 Å². The number of nitrogens with two attached hydrogens (primary N) is 1. The van der Waals surface area contributed by atoms with Gasteiger partial charge in [0.1, 0.15) is 17.8 Å². The van der Waals surface area contributed by atoms with Crippen molar-refractivity contribution in [1.29, 1.82) is 5.26 Å². The molecular formula is C16H16ClN7O2. The van der Waals surface area contributed by atoms with Gasteiger partial charge in [0.05, 0.1) is 25.4 Å². The van der Waals surface area contributed by atoms with Crippen LogP contribution in [0.1, 0.15) is 16.8 Å². The monoisotopic (exact) mass is 373 g/mol. The molecule has 0 spiro atoms. The lowest BCUT2D eigenvalue weighted by Crippen LogP contribution is -2.25. The van der Waals surface area contributed by atoms with Gasteiger partial charge in [-0.2, -0.15) is 15.2 Å². The molecule has 0 atom stereocenters. The zero-order valence-electron chi connectivity index (χ0n) is 14.4. The van der Waals surface area contributed by atoms with Gasteiger partial charge in [-0.25, -0.2) is 4.79 Å². The van der Waals surface area contributed by atoms with E-state index in [2.05, 4.69) is 15.0 Å². The minimum atomic E-state index is -0.441. The zero-order valence-corrected chi connectivity index (χ0v) is 15.2. The average Bonchev–Trinajstić information content (AvgIpc) is 2.84. The summed E-state index contributed by atoms with van der Waals surface area (Å²) < 4.78 is 8.01. The summed E-state index contributed by atoms with van der Waals surface area (Å²) in [7, 11) is 1.58. The zero-order chi connectivity index (χ0) is 19.0. The summed E-state index contributed by atoms with van der Waals surface area (Å²) in [5, 5.41) is 9.05. The Bertz CT molecular complexity index is 1110. The van der Waals surface area contributed by atoms with Crippen LogP contribution >= 0.6 is 11.6 Å². The van der Waals surface area contributed by atoms with Crippen LogP contribution in [0.15, 0.2) is 11.0 Å². The lowest BCUT2D eigenvalue weighted by atomic mass is 10.1. The van der Waals surface area contributed by atoms with E-state index in [1.54, 1.807) is 13.3 Å². The highest BCUT2D eigenvalue weighted by atomic mass is 35.5. The molecule has 9 nitrogen and oxygen atoms in total. The number of hydrogen-bond donors (Lipinski definition) is 1.